The maximum atomic E-state index is 12.3. The van der Waals surface area contributed by atoms with E-state index in [2.05, 4.69) is 15.6 Å². The van der Waals surface area contributed by atoms with Crippen molar-refractivity contribution in [2.24, 2.45) is 4.99 Å². The first-order valence-corrected chi connectivity index (χ1v) is 9.74. The molecule has 0 unspecified atom stereocenters. The van der Waals surface area contributed by atoms with Crippen LogP contribution in [0.1, 0.15) is 34.8 Å². The molecule has 0 aromatic heterocycles. The lowest BCUT2D eigenvalue weighted by molar-refractivity contribution is -0.122. The van der Waals surface area contributed by atoms with Crippen LogP contribution in [0, 0.1) is 13.8 Å². The van der Waals surface area contributed by atoms with E-state index < -0.39 is 5.25 Å². The lowest BCUT2D eigenvalue weighted by Crippen LogP contribution is -2.28. The van der Waals surface area contributed by atoms with Crippen LogP contribution in [0.15, 0.2) is 47.5 Å². The minimum absolute atomic E-state index is 0.0206. The van der Waals surface area contributed by atoms with Gasteiger partial charge in [0, 0.05) is 17.7 Å². The van der Waals surface area contributed by atoms with Gasteiger partial charge in [0.15, 0.2) is 11.0 Å². The van der Waals surface area contributed by atoms with E-state index in [1.54, 1.807) is 24.3 Å². The van der Waals surface area contributed by atoms with Crippen molar-refractivity contribution in [2.75, 3.05) is 5.32 Å². The number of carbonyl (C=O) groups is 3. The smallest absolute Gasteiger partial charge is 0.240 e. The zero-order valence-corrected chi connectivity index (χ0v) is 16.7. The van der Waals surface area contributed by atoms with E-state index in [1.807, 2.05) is 32.0 Å². The number of amides is 2. The monoisotopic (exact) mass is 395 g/mol. The largest absolute Gasteiger partial charge is 0.326 e. The van der Waals surface area contributed by atoms with Crippen molar-refractivity contribution in [3.8, 4) is 0 Å². The number of nitrogens with zero attached hydrogens (tertiary/aromatic N) is 1. The van der Waals surface area contributed by atoms with E-state index >= 15 is 0 Å². The van der Waals surface area contributed by atoms with Gasteiger partial charge in [-0.2, -0.15) is 0 Å². The van der Waals surface area contributed by atoms with Gasteiger partial charge in [0.05, 0.1) is 5.69 Å². The molecule has 1 fully saturated rings. The fourth-order valence-electron chi connectivity index (χ4n) is 2.70. The van der Waals surface area contributed by atoms with E-state index in [1.165, 1.54) is 24.2 Å². The minimum atomic E-state index is -0.540. The van der Waals surface area contributed by atoms with Crippen molar-refractivity contribution in [1.29, 1.82) is 0 Å². The first kappa shape index (κ1) is 19.8. The molecule has 2 N–H and O–H groups in total. The maximum absolute atomic E-state index is 12.3. The molecule has 28 heavy (non-hydrogen) atoms. The van der Waals surface area contributed by atoms with Crippen LogP contribution in [0.5, 0.6) is 0 Å². The highest BCUT2D eigenvalue weighted by Gasteiger charge is 2.32. The van der Waals surface area contributed by atoms with Crippen LogP contribution in [0.3, 0.4) is 0 Å². The first-order valence-electron chi connectivity index (χ1n) is 8.86. The van der Waals surface area contributed by atoms with E-state index in [4.69, 9.17) is 0 Å². The summed E-state index contributed by atoms with van der Waals surface area (Å²) in [5, 5.41) is 5.42. The zero-order chi connectivity index (χ0) is 20.3. The molecule has 2 aromatic carbocycles. The molecule has 3 rings (SSSR count). The molecule has 0 saturated carbocycles. The predicted octanol–water partition coefficient (Wildman–Crippen LogP) is 3.75. The Balaban J connectivity index is 1.63. The molecule has 1 aliphatic rings. The molecule has 1 heterocycles. The second-order valence-corrected chi connectivity index (χ2v) is 7.86. The lowest BCUT2D eigenvalue weighted by atomic mass is 10.1. The molecule has 0 bridgehead atoms. The highest BCUT2D eigenvalue weighted by Crippen LogP contribution is 2.26. The molecule has 6 nitrogen and oxygen atoms in total. The number of benzene rings is 2. The van der Waals surface area contributed by atoms with E-state index in [0.717, 1.165) is 11.3 Å². The number of anilines is 1. The van der Waals surface area contributed by atoms with Crippen molar-refractivity contribution in [3.05, 3.63) is 59.2 Å². The number of hydrogen-bond acceptors (Lipinski definition) is 5. The molecule has 1 atom stereocenters. The molecule has 2 aromatic rings. The number of aryl methyl sites for hydroxylation is 2. The van der Waals surface area contributed by atoms with Crippen molar-refractivity contribution >= 4 is 45.9 Å². The molecular weight excluding hydrogens is 374 g/mol. The van der Waals surface area contributed by atoms with E-state index in [-0.39, 0.29) is 24.0 Å². The third-order valence-electron chi connectivity index (χ3n) is 4.42. The summed E-state index contributed by atoms with van der Waals surface area (Å²) < 4.78 is 0. The van der Waals surface area contributed by atoms with Gasteiger partial charge in [-0.25, -0.2) is 4.99 Å². The van der Waals surface area contributed by atoms with Gasteiger partial charge in [-0.1, -0.05) is 30.0 Å². The number of thioether (sulfide) groups is 1. The highest BCUT2D eigenvalue weighted by molar-refractivity contribution is 8.15. The summed E-state index contributed by atoms with van der Waals surface area (Å²) in [7, 11) is 0. The van der Waals surface area contributed by atoms with Crippen molar-refractivity contribution < 1.29 is 14.4 Å². The van der Waals surface area contributed by atoms with Gasteiger partial charge in [0.25, 0.3) is 0 Å². The summed E-state index contributed by atoms with van der Waals surface area (Å²) in [4.78, 5) is 40.4. The Hall–Kier alpha value is -2.93. The van der Waals surface area contributed by atoms with Gasteiger partial charge in [0.1, 0.15) is 5.25 Å². The minimum Gasteiger partial charge on any atom is -0.326 e. The second kappa shape index (κ2) is 8.39. The number of aliphatic imine (C=N–C) groups is 1. The van der Waals surface area contributed by atoms with Crippen LogP contribution in [-0.2, 0) is 9.59 Å². The summed E-state index contributed by atoms with van der Waals surface area (Å²) in [5.74, 6) is -0.602. The van der Waals surface area contributed by atoms with Gasteiger partial charge in [-0.15, -0.1) is 0 Å². The number of hydrogen-bond donors (Lipinski definition) is 2. The number of carbonyl (C=O) groups excluding carboxylic acids is 3. The molecule has 2 amide bonds. The summed E-state index contributed by atoms with van der Waals surface area (Å²) in [6.45, 7) is 5.50. The van der Waals surface area contributed by atoms with E-state index in [9.17, 15) is 14.4 Å². The molecule has 0 spiro atoms. The summed E-state index contributed by atoms with van der Waals surface area (Å²) in [6.07, 6.45) is 0.0206. The van der Waals surface area contributed by atoms with Crippen LogP contribution in [-0.4, -0.2) is 28.0 Å². The van der Waals surface area contributed by atoms with Gasteiger partial charge in [-0.05, 0) is 56.2 Å². The van der Waals surface area contributed by atoms with Gasteiger partial charge >= 0.3 is 0 Å². The number of nitrogens with one attached hydrogen (secondary N) is 2. The zero-order valence-electron chi connectivity index (χ0n) is 15.9. The second-order valence-electron chi connectivity index (χ2n) is 6.67. The number of Topliss-reactive ketones (excluding diaryl/α,β-unsaturated/α-hetero) is 1. The Labute approximate surface area is 167 Å². The number of rotatable bonds is 5. The number of ketones is 1. The maximum Gasteiger partial charge on any atom is 0.240 e. The molecule has 0 radical (unpaired) electrons. The average molecular weight is 395 g/mol. The van der Waals surface area contributed by atoms with Crippen molar-refractivity contribution in [2.45, 2.75) is 32.4 Å². The Kier molecular flexibility index (Phi) is 5.94. The summed E-state index contributed by atoms with van der Waals surface area (Å²) in [5.41, 5.74) is 4.12. The first-order chi connectivity index (χ1) is 13.3. The summed E-state index contributed by atoms with van der Waals surface area (Å²) in [6, 6.07) is 12.6. The topological polar surface area (TPSA) is 87.6 Å². The van der Waals surface area contributed by atoms with Crippen molar-refractivity contribution in [3.63, 3.8) is 0 Å². The standard InChI is InChI=1S/C21H21N3O3S/c1-12-7-8-17(9-13(12)2)23-21-24-20(27)18(28-21)11-19(26)22-16-6-4-5-15(10-16)14(3)25/h4-10,18H,11H2,1-3H3,(H,22,26)(H,23,24,27)/t18-/m1/s1. The lowest BCUT2D eigenvalue weighted by Gasteiger charge is -2.08. The average Bonchev–Trinajstić information content (AvgIpc) is 2.97. The third kappa shape index (κ3) is 4.86. The molecule has 0 aliphatic carbocycles. The Morgan fingerprint density at radius 1 is 1.14 bits per heavy atom. The van der Waals surface area contributed by atoms with Crippen LogP contribution >= 0.6 is 11.8 Å². The fourth-order valence-corrected chi connectivity index (χ4v) is 3.69. The quantitative estimate of drug-likeness (QED) is 0.755. The summed E-state index contributed by atoms with van der Waals surface area (Å²) >= 11 is 1.24. The Bertz CT molecular complexity index is 985. The molecule has 1 saturated heterocycles. The van der Waals surface area contributed by atoms with Crippen LogP contribution in [0.25, 0.3) is 0 Å². The Morgan fingerprint density at radius 3 is 2.64 bits per heavy atom. The van der Waals surface area contributed by atoms with Crippen molar-refractivity contribution in [1.82, 2.24) is 5.32 Å². The SMILES string of the molecule is CC(=O)c1cccc(NC(=O)C[C@H]2SC(=Nc3ccc(C)c(C)c3)NC2=O)c1. The predicted molar refractivity (Wildman–Crippen MR) is 112 cm³/mol. The fraction of sp³-hybridized carbons (Fsp3) is 0.238. The van der Waals surface area contributed by atoms with Crippen LogP contribution in [0.2, 0.25) is 0 Å². The van der Waals surface area contributed by atoms with Gasteiger partial charge in [0.2, 0.25) is 11.8 Å². The highest BCUT2D eigenvalue weighted by atomic mass is 32.2. The molecule has 7 heteroatoms. The Morgan fingerprint density at radius 2 is 1.93 bits per heavy atom. The normalized spacial score (nSPS) is 17.5. The van der Waals surface area contributed by atoms with E-state index in [0.29, 0.717) is 16.4 Å². The molecule has 144 valence electrons. The van der Waals surface area contributed by atoms with Gasteiger partial charge < -0.3 is 10.6 Å². The molecule has 1 aliphatic heterocycles. The number of amidine groups is 1. The van der Waals surface area contributed by atoms with Gasteiger partial charge in [-0.3, -0.25) is 14.4 Å². The van der Waals surface area contributed by atoms with Crippen LogP contribution in [0.4, 0.5) is 11.4 Å². The van der Waals surface area contributed by atoms with Crippen LogP contribution < -0.4 is 10.6 Å². The third-order valence-corrected chi connectivity index (χ3v) is 5.50. The molecular formula is C21H21N3O3S.